The molecule has 0 unspecified atom stereocenters. The zero-order valence-electron chi connectivity index (χ0n) is 10.4. The van der Waals surface area contributed by atoms with Crippen LogP contribution < -0.4 is 5.32 Å². The molecule has 1 amide bonds. The quantitative estimate of drug-likeness (QED) is 0.899. The van der Waals surface area contributed by atoms with Crippen LogP contribution in [-0.2, 0) is 10.5 Å². The van der Waals surface area contributed by atoms with Crippen LogP contribution in [0.5, 0.6) is 0 Å². The predicted molar refractivity (Wildman–Crippen MR) is 79.5 cm³/mol. The minimum atomic E-state index is -0.152. The van der Waals surface area contributed by atoms with E-state index in [0.29, 0.717) is 10.8 Å². The fourth-order valence-corrected chi connectivity index (χ4v) is 2.37. The van der Waals surface area contributed by atoms with E-state index in [4.69, 9.17) is 16.0 Å². The smallest absolute Gasteiger partial charge is 0.237 e. The van der Waals surface area contributed by atoms with E-state index in [9.17, 15) is 4.79 Å². The molecule has 1 aromatic heterocycles. The summed E-state index contributed by atoms with van der Waals surface area (Å²) in [5, 5.41) is 3.35. The molecule has 1 N–H and O–H groups in total. The van der Waals surface area contributed by atoms with Crippen LogP contribution in [0.15, 0.2) is 47.1 Å². The van der Waals surface area contributed by atoms with E-state index < -0.39 is 0 Å². The predicted octanol–water partition coefficient (Wildman–Crippen LogP) is 4.19. The fourth-order valence-electron chi connectivity index (χ4n) is 1.45. The zero-order chi connectivity index (χ0) is 13.7. The first kappa shape index (κ1) is 14.0. The lowest BCUT2D eigenvalue weighted by atomic mass is 10.3. The van der Waals surface area contributed by atoms with Crippen LogP contribution in [0, 0.1) is 0 Å². The molecule has 2 rings (SSSR count). The summed E-state index contributed by atoms with van der Waals surface area (Å²) in [5.74, 6) is 1.53. The number of thioether (sulfide) groups is 1. The molecule has 1 atom stereocenters. The number of hydrogen-bond donors (Lipinski definition) is 1. The van der Waals surface area contributed by atoms with E-state index in [0.717, 1.165) is 11.4 Å². The molecule has 3 nitrogen and oxygen atoms in total. The lowest BCUT2D eigenvalue weighted by Gasteiger charge is -2.11. The molecule has 2 aromatic rings. The molecule has 1 aromatic carbocycles. The van der Waals surface area contributed by atoms with Crippen LogP contribution in [-0.4, -0.2) is 11.2 Å². The fraction of sp³-hybridized carbons (Fsp3) is 0.214. The monoisotopic (exact) mass is 295 g/mol. The topological polar surface area (TPSA) is 42.2 Å². The van der Waals surface area contributed by atoms with Gasteiger partial charge in [0.2, 0.25) is 5.91 Å². The van der Waals surface area contributed by atoms with Gasteiger partial charge >= 0.3 is 0 Å². The number of benzene rings is 1. The van der Waals surface area contributed by atoms with Gasteiger partial charge in [0.25, 0.3) is 0 Å². The second kappa shape index (κ2) is 6.68. The molecule has 1 heterocycles. The van der Waals surface area contributed by atoms with Gasteiger partial charge in [-0.25, -0.2) is 0 Å². The Morgan fingerprint density at radius 2 is 2.11 bits per heavy atom. The van der Waals surface area contributed by atoms with Crippen molar-refractivity contribution in [3.63, 3.8) is 0 Å². The Labute approximate surface area is 121 Å². The summed E-state index contributed by atoms with van der Waals surface area (Å²) in [4.78, 5) is 12.0. The largest absolute Gasteiger partial charge is 0.468 e. The highest BCUT2D eigenvalue weighted by molar-refractivity contribution is 7.99. The van der Waals surface area contributed by atoms with Crippen molar-refractivity contribution < 1.29 is 9.21 Å². The van der Waals surface area contributed by atoms with Crippen LogP contribution >= 0.6 is 23.4 Å². The maximum absolute atomic E-state index is 12.0. The molecular formula is C14H14ClNO2S. The van der Waals surface area contributed by atoms with Crippen molar-refractivity contribution in [2.75, 3.05) is 5.32 Å². The Bertz CT molecular complexity index is 525. The molecule has 0 aliphatic carbocycles. The Hall–Kier alpha value is -1.39. The summed E-state index contributed by atoms with van der Waals surface area (Å²) >= 11 is 7.32. The first-order valence-electron chi connectivity index (χ1n) is 5.85. The lowest BCUT2D eigenvalue weighted by Crippen LogP contribution is -2.22. The van der Waals surface area contributed by atoms with Gasteiger partial charge in [-0.15, -0.1) is 11.8 Å². The standard InChI is InChI=1S/C14H14ClNO2S/c1-10(19-9-13-3-2-8-18-13)14(17)16-12-6-4-11(15)5-7-12/h2-8,10H,9H2,1H3,(H,16,17)/t10-/m0/s1. The van der Waals surface area contributed by atoms with Gasteiger partial charge in [0.05, 0.1) is 17.3 Å². The molecule has 5 heteroatoms. The first-order chi connectivity index (χ1) is 9.15. The summed E-state index contributed by atoms with van der Waals surface area (Å²) in [7, 11) is 0. The minimum Gasteiger partial charge on any atom is -0.468 e. The minimum absolute atomic E-state index is 0.0288. The molecule has 19 heavy (non-hydrogen) atoms. The Morgan fingerprint density at radius 3 is 2.74 bits per heavy atom. The van der Waals surface area contributed by atoms with Crippen LogP contribution in [0.1, 0.15) is 12.7 Å². The Balaban J connectivity index is 1.83. The van der Waals surface area contributed by atoms with Gasteiger partial charge in [-0.1, -0.05) is 11.6 Å². The maximum Gasteiger partial charge on any atom is 0.237 e. The molecule has 0 saturated carbocycles. The number of carbonyl (C=O) groups is 1. The molecular weight excluding hydrogens is 282 g/mol. The van der Waals surface area contributed by atoms with Crippen molar-refractivity contribution in [2.24, 2.45) is 0 Å². The normalized spacial score (nSPS) is 12.1. The van der Waals surface area contributed by atoms with Gasteiger partial charge in [0.1, 0.15) is 5.76 Å². The molecule has 0 radical (unpaired) electrons. The van der Waals surface area contributed by atoms with Gasteiger partial charge in [0, 0.05) is 10.7 Å². The Kier molecular flexibility index (Phi) is 4.93. The highest BCUT2D eigenvalue weighted by Gasteiger charge is 2.14. The molecule has 100 valence electrons. The van der Waals surface area contributed by atoms with E-state index in [2.05, 4.69) is 5.32 Å². The van der Waals surface area contributed by atoms with E-state index in [1.54, 1.807) is 30.5 Å². The maximum atomic E-state index is 12.0. The van der Waals surface area contributed by atoms with Crippen molar-refractivity contribution in [1.82, 2.24) is 0 Å². The van der Waals surface area contributed by atoms with Gasteiger partial charge < -0.3 is 9.73 Å². The van der Waals surface area contributed by atoms with Crippen LogP contribution in [0.2, 0.25) is 5.02 Å². The number of anilines is 1. The van der Waals surface area contributed by atoms with Crippen molar-refractivity contribution in [3.8, 4) is 0 Å². The van der Waals surface area contributed by atoms with E-state index in [1.165, 1.54) is 11.8 Å². The second-order valence-electron chi connectivity index (χ2n) is 4.03. The highest BCUT2D eigenvalue weighted by Crippen LogP contribution is 2.20. The number of nitrogens with one attached hydrogen (secondary N) is 1. The molecule has 0 aliphatic rings. The average molecular weight is 296 g/mol. The van der Waals surface area contributed by atoms with Gasteiger partial charge in [-0.3, -0.25) is 4.79 Å². The average Bonchev–Trinajstić information content (AvgIpc) is 2.91. The third-order valence-electron chi connectivity index (χ3n) is 2.54. The van der Waals surface area contributed by atoms with Crippen LogP contribution in [0.4, 0.5) is 5.69 Å². The van der Waals surface area contributed by atoms with Crippen molar-refractivity contribution in [2.45, 2.75) is 17.9 Å². The van der Waals surface area contributed by atoms with Gasteiger partial charge in [0.15, 0.2) is 0 Å². The SMILES string of the molecule is C[C@H](SCc1ccco1)C(=O)Nc1ccc(Cl)cc1. The first-order valence-corrected chi connectivity index (χ1v) is 7.28. The van der Waals surface area contributed by atoms with Crippen LogP contribution in [0.3, 0.4) is 0 Å². The Morgan fingerprint density at radius 1 is 1.37 bits per heavy atom. The third kappa shape index (κ3) is 4.33. The number of hydrogen-bond acceptors (Lipinski definition) is 3. The van der Waals surface area contributed by atoms with Crippen molar-refractivity contribution in [3.05, 3.63) is 53.4 Å². The summed E-state index contributed by atoms with van der Waals surface area (Å²) < 4.78 is 5.23. The molecule has 0 fully saturated rings. The molecule has 0 aliphatic heterocycles. The van der Waals surface area contributed by atoms with Gasteiger partial charge in [-0.05, 0) is 43.3 Å². The second-order valence-corrected chi connectivity index (χ2v) is 5.79. The molecule has 0 bridgehead atoms. The van der Waals surface area contributed by atoms with E-state index in [-0.39, 0.29) is 11.2 Å². The molecule has 0 saturated heterocycles. The third-order valence-corrected chi connectivity index (χ3v) is 3.95. The number of furan rings is 1. The zero-order valence-corrected chi connectivity index (χ0v) is 12.0. The number of amides is 1. The van der Waals surface area contributed by atoms with Crippen molar-refractivity contribution >= 4 is 35.0 Å². The molecule has 0 spiro atoms. The summed E-state index contributed by atoms with van der Waals surface area (Å²) in [6.45, 7) is 1.87. The lowest BCUT2D eigenvalue weighted by molar-refractivity contribution is -0.115. The summed E-state index contributed by atoms with van der Waals surface area (Å²) in [6, 6.07) is 10.8. The highest BCUT2D eigenvalue weighted by atomic mass is 35.5. The number of halogens is 1. The van der Waals surface area contributed by atoms with Crippen molar-refractivity contribution in [1.29, 1.82) is 0 Å². The summed E-state index contributed by atoms with van der Waals surface area (Å²) in [5.41, 5.74) is 0.750. The number of rotatable bonds is 5. The van der Waals surface area contributed by atoms with E-state index in [1.807, 2.05) is 19.1 Å². The summed E-state index contributed by atoms with van der Waals surface area (Å²) in [6.07, 6.45) is 1.63. The number of carbonyl (C=O) groups excluding carboxylic acids is 1. The van der Waals surface area contributed by atoms with Gasteiger partial charge in [-0.2, -0.15) is 0 Å². The van der Waals surface area contributed by atoms with Crippen LogP contribution in [0.25, 0.3) is 0 Å². The van der Waals surface area contributed by atoms with E-state index >= 15 is 0 Å².